The fourth-order valence-corrected chi connectivity index (χ4v) is 3.96. The molecule has 0 saturated heterocycles. The predicted octanol–water partition coefficient (Wildman–Crippen LogP) is 5.25. The van der Waals surface area contributed by atoms with Gasteiger partial charge >= 0.3 is 5.97 Å². The summed E-state index contributed by atoms with van der Waals surface area (Å²) in [5.74, 6) is -1.78. The number of phenolic OH excluding ortho intramolecular Hbond substituents is 2. The van der Waals surface area contributed by atoms with Crippen molar-refractivity contribution in [3.63, 3.8) is 0 Å². The van der Waals surface area contributed by atoms with E-state index in [2.05, 4.69) is 0 Å². The number of carboxylic acid groups (broad SMARTS) is 1. The number of hydrogen-bond donors (Lipinski definition) is 3. The lowest BCUT2D eigenvalue weighted by molar-refractivity contribution is -0.138. The molecule has 198 valence electrons. The maximum Gasteiger partial charge on any atom is 0.307 e. The largest absolute Gasteiger partial charge is 0.507 e. The Labute approximate surface area is 224 Å². The third kappa shape index (κ3) is 7.01. The molecule has 39 heavy (non-hydrogen) atoms. The summed E-state index contributed by atoms with van der Waals surface area (Å²) >= 11 is 0. The standard InChI is InChI=1S/C31H26O8/c32-27-17-22(11-13-25(27)30(36)20-7-3-1-4-8-20)38-16-15-24(19-29(34)35)39-23-12-14-26(28(33)18-23)31(37)21-9-5-2-6-10-21/h1-14,17-18,24,32-33H,15-16,19H2,(H,34,35). The number of hydrogen-bond acceptors (Lipinski definition) is 7. The van der Waals surface area contributed by atoms with Gasteiger partial charge in [0.15, 0.2) is 11.6 Å². The number of aliphatic carboxylic acids is 1. The van der Waals surface area contributed by atoms with Crippen LogP contribution in [0.2, 0.25) is 0 Å². The highest BCUT2D eigenvalue weighted by Crippen LogP contribution is 2.28. The lowest BCUT2D eigenvalue weighted by atomic mass is 10.0. The molecule has 0 aliphatic carbocycles. The van der Waals surface area contributed by atoms with Gasteiger partial charge in [-0.2, -0.15) is 0 Å². The van der Waals surface area contributed by atoms with Gasteiger partial charge in [0.2, 0.25) is 0 Å². The van der Waals surface area contributed by atoms with Crippen molar-refractivity contribution < 1.29 is 39.2 Å². The second-order valence-electron chi connectivity index (χ2n) is 8.72. The van der Waals surface area contributed by atoms with E-state index in [1.54, 1.807) is 66.7 Å². The molecule has 0 aliphatic rings. The van der Waals surface area contributed by atoms with Crippen molar-refractivity contribution in [2.75, 3.05) is 6.61 Å². The number of phenols is 2. The van der Waals surface area contributed by atoms with Gasteiger partial charge in [-0.25, -0.2) is 0 Å². The summed E-state index contributed by atoms with van der Waals surface area (Å²) in [6.07, 6.45) is -0.960. The summed E-state index contributed by atoms with van der Waals surface area (Å²) in [6, 6.07) is 25.6. The number of benzene rings is 4. The summed E-state index contributed by atoms with van der Waals surface area (Å²) in [6.45, 7) is 0.0555. The van der Waals surface area contributed by atoms with Crippen LogP contribution in [0.15, 0.2) is 97.1 Å². The van der Waals surface area contributed by atoms with Crippen LogP contribution in [0, 0.1) is 0 Å². The second-order valence-corrected chi connectivity index (χ2v) is 8.72. The lowest BCUT2D eigenvalue weighted by Gasteiger charge is -2.18. The normalized spacial score (nSPS) is 11.4. The average Bonchev–Trinajstić information content (AvgIpc) is 2.93. The summed E-state index contributed by atoms with van der Waals surface area (Å²) in [5, 5.41) is 30.1. The number of carbonyl (C=O) groups excluding carboxylic acids is 2. The van der Waals surface area contributed by atoms with Crippen molar-refractivity contribution in [3.8, 4) is 23.0 Å². The van der Waals surface area contributed by atoms with E-state index in [-0.39, 0.29) is 59.4 Å². The molecule has 1 atom stereocenters. The summed E-state index contributed by atoms with van der Waals surface area (Å²) in [5.41, 5.74) is 1.10. The third-order valence-electron chi connectivity index (χ3n) is 5.91. The molecular weight excluding hydrogens is 500 g/mol. The number of carbonyl (C=O) groups is 3. The quantitative estimate of drug-likeness (QED) is 0.213. The Morgan fingerprint density at radius 3 is 1.64 bits per heavy atom. The van der Waals surface area contributed by atoms with Gasteiger partial charge in [0.1, 0.15) is 29.1 Å². The molecule has 4 aromatic rings. The van der Waals surface area contributed by atoms with Crippen LogP contribution in [0.5, 0.6) is 23.0 Å². The monoisotopic (exact) mass is 526 g/mol. The van der Waals surface area contributed by atoms with E-state index in [1.165, 1.54) is 30.3 Å². The SMILES string of the molecule is O=C(O)CC(CCOc1ccc(C(=O)c2ccccc2)c(O)c1)Oc1ccc(C(=O)c2ccccc2)c(O)c1. The van der Waals surface area contributed by atoms with Crippen LogP contribution in [0.25, 0.3) is 0 Å². The van der Waals surface area contributed by atoms with Crippen LogP contribution in [0.1, 0.15) is 44.7 Å². The van der Waals surface area contributed by atoms with Crippen LogP contribution in [-0.2, 0) is 4.79 Å². The van der Waals surface area contributed by atoms with Gasteiger partial charge < -0.3 is 24.8 Å². The zero-order valence-electron chi connectivity index (χ0n) is 20.8. The number of ketones is 2. The van der Waals surface area contributed by atoms with Crippen LogP contribution in [0.3, 0.4) is 0 Å². The molecule has 0 spiro atoms. The summed E-state index contributed by atoms with van der Waals surface area (Å²) in [7, 11) is 0. The van der Waals surface area contributed by atoms with Crippen molar-refractivity contribution in [2.24, 2.45) is 0 Å². The van der Waals surface area contributed by atoms with Crippen molar-refractivity contribution in [2.45, 2.75) is 18.9 Å². The van der Waals surface area contributed by atoms with E-state index >= 15 is 0 Å². The first-order valence-electron chi connectivity index (χ1n) is 12.2. The van der Waals surface area contributed by atoms with Crippen molar-refractivity contribution >= 4 is 17.5 Å². The highest BCUT2D eigenvalue weighted by atomic mass is 16.5. The van der Waals surface area contributed by atoms with Gasteiger partial charge in [-0.15, -0.1) is 0 Å². The molecular formula is C31H26O8. The Kier molecular flexibility index (Phi) is 8.58. The first-order valence-corrected chi connectivity index (χ1v) is 12.2. The smallest absolute Gasteiger partial charge is 0.307 e. The second kappa shape index (κ2) is 12.4. The van der Waals surface area contributed by atoms with Crippen molar-refractivity contribution in [1.29, 1.82) is 0 Å². The molecule has 4 aromatic carbocycles. The topological polar surface area (TPSA) is 130 Å². The van der Waals surface area contributed by atoms with Crippen LogP contribution < -0.4 is 9.47 Å². The van der Waals surface area contributed by atoms with Gasteiger partial charge in [-0.05, 0) is 24.3 Å². The minimum atomic E-state index is -1.08. The molecule has 0 saturated carbocycles. The van der Waals surface area contributed by atoms with E-state index in [4.69, 9.17) is 9.47 Å². The van der Waals surface area contributed by atoms with Crippen molar-refractivity contribution in [3.05, 3.63) is 119 Å². The van der Waals surface area contributed by atoms with Gasteiger partial charge in [0, 0.05) is 29.7 Å². The molecule has 4 rings (SSSR count). The highest BCUT2D eigenvalue weighted by molar-refractivity contribution is 6.11. The van der Waals surface area contributed by atoms with E-state index in [0.717, 1.165) is 0 Å². The van der Waals surface area contributed by atoms with E-state index in [9.17, 15) is 29.7 Å². The van der Waals surface area contributed by atoms with Crippen LogP contribution >= 0.6 is 0 Å². The molecule has 0 radical (unpaired) electrons. The number of ether oxygens (including phenoxy) is 2. The lowest BCUT2D eigenvalue weighted by Crippen LogP contribution is -2.23. The zero-order valence-corrected chi connectivity index (χ0v) is 20.8. The Morgan fingerprint density at radius 1 is 0.667 bits per heavy atom. The third-order valence-corrected chi connectivity index (χ3v) is 5.91. The molecule has 0 aromatic heterocycles. The summed E-state index contributed by atoms with van der Waals surface area (Å²) < 4.78 is 11.4. The number of carboxylic acids is 1. The molecule has 0 amide bonds. The molecule has 0 fully saturated rings. The fourth-order valence-electron chi connectivity index (χ4n) is 3.96. The molecule has 3 N–H and O–H groups in total. The Bertz CT molecular complexity index is 1460. The van der Waals surface area contributed by atoms with Gasteiger partial charge in [0.05, 0.1) is 24.2 Å². The maximum atomic E-state index is 12.6. The van der Waals surface area contributed by atoms with Gasteiger partial charge in [-0.3, -0.25) is 14.4 Å². The maximum absolute atomic E-state index is 12.6. The highest BCUT2D eigenvalue weighted by Gasteiger charge is 2.19. The molecule has 8 heteroatoms. The van der Waals surface area contributed by atoms with E-state index in [0.29, 0.717) is 16.9 Å². The first-order chi connectivity index (χ1) is 18.8. The molecule has 8 nitrogen and oxygen atoms in total. The van der Waals surface area contributed by atoms with Gasteiger partial charge in [-0.1, -0.05) is 60.7 Å². The Balaban J connectivity index is 1.38. The predicted molar refractivity (Wildman–Crippen MR) is 143 cm³/mol. The minimum Gasteiger partial charge on any atom is -0.507 e. The van der Waals surface area contributed by atoms with Gasteiger partial charge in [0.25, 0.3) is 0 Å². The minimum absolute atomic E-state index is 0.0555. The first kappa shape index (κ1) is 26.9. The van der Waals surface area contributed by atoms with E-state index < -0.39 is 12.1 Å². The molecule has 0 aliphatic heterocycles. The van der Waals surface area contributed by atoms with Crippen molar-refractivity contribution in [1.82, 2.24) is 0 Å². The number of aromatic hydroxyl groups is 2. The zero-order chi connectivity index (χ0) is 27.8. The summed E-state index contributed by atoms with van der Waals surface area (Å²) in [4.78, 5) is 36.6. The van der Waals surface area contributed by atoms with Crippen LogP contribution in [-0.4, -0.2) is 45.6 Å². The molecule has 0 bridgehead atoms. The molecule has 0 heterocycles. The number of rotatable bonds is 12. The Hall–Kier alpha value is -5.11. The molecule has 1 unspecified atom stereocenters. The average molecular weight is 527 g/mol. The Morgan fingerprint density at radius 2 is 1.15 bits per heavy atom. The fraction of sp³-hybridized carbons (Fsp3) is 0.129. The van der Waals surface area contributed by atoms with E-state index in [1.807, 2.05) is 0 Å². The van der Waals surface area contributed by atoms with Crippen LogP contribution in [0.4, 0.5) is 0 Å².